The number of rotatable bonds is 4. The van der Waals surface area contributed by atoms with E-state index in [2.05, 4.69) is 29.1 Å². The first kappa shape index (κ1) is 15.7. The standard InChI is InChI=1S/C18H24N4O/c1-3-10-22-13-17(14(2)20-22)18(23)21-11-6-16(7-12-21)15-4-8-19-9-5-15/h4-5,8-9,13,16H,3,6-7,10-12H2,1-2H3. The maximum atomic E-state index is 12.7. The number of piperidine rings is 1. The Hall–Kier alpha value is -2.17. The molecule has 23 heavy (non-hydrogen) atoms. The van der Waals surface area contributed by atoms with Gasteiger partial charge in [-0.15, -0.1) is 0 Å². The first-order valence-electron chi connectivity index (χ1n) is 8.42. The Morgan fingerprint density at radius 3 is 2.61 bits per heavy atom. The van der Waals surface area contributed by atoms with Gasteiger partial charge >= 0.3 is 0 Å². The predicted octanol–water partition coefficient (Wildman–Crippen LogP) is 3.02. The Labute approximate surface area is 137 Å². The van der Waals surface area contributed by atoms with Crippen LogP contribution in [0.15, 0.2) is 30.7 Å². The van der Waals surface area contributed by atoms with E-state index < -0.39 is 0 Å². The van der Waals surface area contributed by atoms with Crippen LogP contribution in [0.1, 0.15) is 53.7 Å². The highest BCUT2D eigenvalue weighted by Crippen LogP contribution is 2.28. The number of likely N-dealkylation sites (tertiary alicyclic amines) is 1. The van der Waals surface area contributed by atoms with Crippen molar-refractivity contribution in [3.8, 4) is 0 Å². The molecule has 0 bridgehead atoms. The molecule has 1 fully saturated rings. The summed E-state index contributed by atoms with van der Waals surface area (Å²) in [5.74, 6) is 0.656. The number of pyridine rings is 1. The van der Waals surface area contributed by atoms with Gasteiger partial charge in [0.1, 0.15) is 0 Å². The molecule has 1 amide bonds. The molecule has 5 heteroatoms. The van der Waals surface area contributed by atoms with E-state index in [9.17, 15) is 4.79 Å². The molecule has 2 aromatic heterocycles. The van der Waals surface area contributed by atoms with Gasteiger partial charge in [-0.05, 0) is 49.8 Å². The van der Waals surface area contributed by atoms with Crippen LogP contribution in [0, 0.1) is 6.92 Å². The SMILES string of the molecule is CCCn1cc(C(=O)N2CCC(c3ccncc3)CC2)c(C)n1. The number of carbonyl (C=O) groups is 1. The van der Waals surface area contributed by atoms with Crippen molar-refractivity contribution in [2.45, 2.75) is 45.6 Å². The van der Waals surface area contributed by atoms with Crippen LogP contribution in [0.5, 0.6) is 0 Å². The third-order valence-electron chi connectivity index (χ3n) is 4.59. The van der Waals surface area contributed by atoms with E-state index in [1.165, 1.54) is 5.56 Å². The molecule has 0 atom stereocenters. The number of hydrogen-bond acceptors (Lipinski definition) is 3. The Morgan fingerprint density at radius 2 is 1.96 bits per heavy atom. The van der Waals surface area contributed by atoms with E-state index in [0.717, 1.165) is 50.2 Å². The molecule has 0 saturated carbocycles. The Balaban J connectivity index is 1.64. The molecule has 0 N–H and O–H groups in total. The lowest BCUT2D eigenvalue weighted by Gasteiger charge is -2.32. The summed E-state index contributed by atoms with van der Waals surface area (Å²) in [4.78, 5) is 18.8. The summed E-state index contributed by atoms with van der Waals surface area (Å²) in [5.41, 5.74) is 2.92. The molecular weight excluding hydrogens is 288 g/mol. The zero-order valence-corrected chi connectivity index (χ0v) is 13.9. The molecule has 5 nitrogen and oxygen atoms in total. The van der Waals surface area contributed by atoms with Gasteiger partial charge in [-0.2, -0.15) is 5.10 Å². The van der Waals surface area contributed by atoms with Gasteiger partial charge in [0.2, 0.25) is 0 Å². The minimum atomic E-state index is 0.123. The molecule has 1 aliphatic heterocycles. The molecule has 1 saturated heterocycles. The number of nitrogens with zero attached hydrogens (tertiary/aromatic N) is 4. The first-order valence-corrected chi connectivity index (χ1v) is 8.42. The summed E-state index contributed by atoms with van der Waals surface area (Å²) in [6.07, 6.45) is 8.63. The quantitative estimate of drug-likeness (QED) is 0.872. The summed E-state index contributed by atoms with van der Waals surface area (Å²) < 4.78 is 1.88. The van der Waals surface area contributed by atoms with Crippen molar-refractivity contribution in [1.29, 1.82) is 0 Å². The molecule has 122 valence electrons. The summed E-state index contributed by atoms with van der Waals surface area (Å²) in [6, 6.07) is 4.17. The van der Waals surface area contributed by atoms with Crippen LogP contribution in [0.4, 0.5) is 0 Å². The largest absolute Gasteiger partial charge is 0.338 e. The molecule has 0 radical (unpaired) electrons. The van der Waals surface area contributed by atoms with E-state index >= 15 is 0 Å². The molecule has 1 aliphatic rings. The van der Waals surface area contributed by atoms with Crippen molar-refractivity contribution in [3.63, 3.8) is 0 Å². The summed E-state index contributed by atoms with van der Waals surface area (Å²) in [5, 5.41) is 4.44. The van der Waals surface area contributed by atoms with Gasteiger partial charge in [-0.1, -0.05) is 6.92 Å². The van der Waals surface area contributed by atoms with Crippen LogP contribution in [-0.2, 0) is 6.54 Å². The minimum absolute atomic E-state index is 0.123. The highest BCUT2D eigenvalue weighted by molar-refractivity contribution is 5.95. The Kier molecular flexibility index (Phi) is 4.74. The van der Waals surface area contributed by atoms with Crippen LogP contribution in [0.3, 0.4) is 0 Å². The molecule has 0 aliphatic carbocycles. The van der Waals surface area contributed by atoms with Crippen LogP contribution in [0.2, 0.25) is 0 Å². The van der Waals surface area contributed by atoms with Gasteiger partial charge in [0.05, 0.1) is 11.3 Å². The molecule has 0 unspecified atom stereocenters. The third kappa shape index (κ3) is 3.44. The van der Waals surface area contributed by atoms with Gasteiger partial charge in [-0.3, -0.25) is 14.5 Å². The fourth-order valence-electron chi connectivity index (χ4n) is 3.29. The van der Waals surface area contributed by atoms with Crippen molar-refractivity contribution in [2.24, 2.45) is 0 Å². The summed E-state index contributed by atoms with van der Waals surface area (Å²) in [7, 11) is 0. The van der Waals surface area contributed by atoms with Crippen LogP contribution in [0.25, 0.3) is 0 Å². The summed E-state index contributed by atoms with van der Waals surface area (Å²) in [6.45, 7) is 6.51. The van der Waals surface area contributed by atoms with E-state index in [-0.39, 0.29) is 5.91 Å². The summed E-state index contributed by atoms with van der Waals surface area (Å²) >= 11 is 0. The molecular formula is C18H24N4O. The highest BCUT2D eigenvalue weighted by Gasteiger charge is 2.26. The second kappa shape index (κ2) is 6.94. The van der Waals surface area contributed by atoms with Gasteiger partial charge in [0, 0.05) is 38.2 Å². The van der Waals surface area contributed by atoms with Crippen molar-refractivity contribution in [1.82, 2.24) is 19.7 Å². The topological polar surface area (TPSA) is 51.0 Å². The fourth-order valence-corrected chi connectivity index (χ4v) is 3.29. The molecule has 3 rings (SSSR count). The Morgan fingerprint density at radius 1 is 1.26 bits per heavy atom. The van der Waals surface area contributed by atoms with E-state index in [1.54, 1.807) is 0 Å². The average molecular weight is 312 g/mol. The van der Waals surface area contributed by atoms with Gasteiger partial charge in [0.15, 0.2) is 0 Å². The second-order valence-corrected chi connectivity index (χ2v) is 6.24. The van der Waals surface area contributed by atoms with Crippen LogP contribution < -0.4 is 0 Å². The monoisotopic (exact) mass is 312 g/mol. The maximum absolute atomic E-state index is 12.7. The van der Waals surface area contributed by atoms with Crippen LogP contribution >= 0.6 is 0 Å². The van der Waals surface area contributed by atoms with Crippen molar-refractivity contribution < 1.29 is 4.79 Å². The van der Waals surface area contributed by atoms with Crippen molar-refractivity contribution in [3.05, 3.63) is 47.5 Å². The first-order chi connectivity index (χ1) is 11.2. The maximum Gasteiger partial charge on any atom is 0.257 e. The van der Waals surface area contributed by atoms with Gasteiger partial charge in [0.25, 0.3) is 5.91 Å². The van der Waals surface area contributed by atoms with Crippen molar-refractivity contribution >= 4 is 5.91 Å². The Bertz CT molecular complexity index is 657. The molecule has 0 spiro atoms. The van der Waals surface area contributed by atoms with E-state index in [4.69, 9.17) is 0 Å². The predicted molar refractivity (Wildman–Crippen MR) is 89.4 cm³/mol. The second-order valence-electron chi connectivity index (χ2n) is 6.24. The molecule has 2 aromatic rings. The lowest BCUT2D eigenvalue weighted by Crippen LogP contribution is -2.38. The zero-order chi connectivity index (χ0) is 16.2. The highest BCUT2D eigenvalue weighted by atomic mass is 16.2. The lowest BCUT2D eigenvalue weighted by molar-refractivity contribution is 0.0712. The smallest absolute Gasteiger partial charge is 0.257 e. The molecule has 3 heterocycles. The zero-order valence-electron chi connectivity index (χ0n) is 13.9. The van der Waals surface area contributed by atoms with Gasteiger partial charge in [-0.25, -0.2) is 0 Å². The number of aryl methyl sites for hydroxylation is 2. The number of aromatic nitrogens is 3. The fraction of sp³-hybridized carbons (Fsp3) is 0.500. The number of hydrogen-bond donors (Lipinski definition) is 0. The normalized spacial score (nSPS) is 15.8. The van der Waals surface area contributed by atoms with Crippen molar-refractivity contribution in [2.75, 3.05) is 13.1 Å². The van der Waals surface area contributed by atoms with E-state index in [0.29, 0.717) is 5.92 Å². The van der Waals surface area contributed by atoms with Crippen LogP contribution in [-0.4, -0.2) is 38.7 Å². The third-order valence-corrected chi connectivity index (χ3v) is 4.59. The van der Waals surface area contributed by atoms with E-state index in [1.807, 2.05) is 35.1 Å². The lowest BCUT2D eigenvalue weighted by atomic mass is 9.90. The van der Waals surface area contributed by atoms with Gasteiger partial charge < -0.3 is 4.90 Å². The number of carbonyl (C=O) groups excluding carboxylic acids is 1. The average Bonchev–Trinajstić information content (AvgIpc) is 2.96. The molecule has 0 aromatic carbocycles. The number of amides is 1. The minimum Gasteiger partial charge on any atom is -0.338 e.